The van der Waals surface area contributed by atoms with Crippen molar-refractivity contribution in [3.63, 3.8) is 0 Å². The first kappa shape index (κ1) is 21.0. The van der Waals surface area contributed by atoms with Crippen LogP contribution in [-0.2, 0) is 11.3 Å². The summed E-state index contributed by atoms with van der Waals surface area (Å²) >= 11 is 0. The molecule has 31 heavy (non-hydrogen) atoms. The number of aryl methyl sites for hydroxylation is 1. The lowest BCUT2D eigenvalue weighted by atomic mass is 9.83. The summed E-state index contributed by atoms with van der Waals surface area (Å²) in [5.74, 6) is 0.343. The number of benzene rings is 1. The lowest BCUT2D eigenvalue weighted by Crippen LogP contribution is -3.14. The highest BCUT2D eigenvalue weighted by atomic mass is 16.5. The SMILES string of the molecule is COc1ccccc1[C@@H]1C(C#N)=C(N)Oc2cc(C)n(CC[NH+]3CCOCC3)c(=O)c21. The number of morpholine rings is 1. The third-order valence-corrected chi connectivity index (χ3v) is 6.03. The summed E-state index contributed by atoms with van der Waals surface area (Å²) in [6.45, 7) is 6.64. The largest absolute Gasteiger partial charge is 0.496 e. The Kier molecular flexibility index (Phi) is 5.98. The van der Waals surface area contributed by atoms with Crippen LogP contribution in [0.3, 0.4) is 0 Å². The number of nitriles is 1. The Hall–Kier alpha value is -3.28. The summed E-state index contributed by atoms with van der Waals surface area (Å²) in [5.41, 5.74) is 8.05. The van der Waals surface area contributed by atoms with Gasteiger partial charge in [-0.3, -0.25) is 4.79 Å². The molecule has 8 heteroatoms. The van der Waals surface area contributed by atoms with Crippen LogP contribution in [0.5, 0.6) is 11.5 Å². The fourth-order valence-electron chi connectivity index (χ4n) is 4.36. The van der Waals surface area contributed by atoms with Crippen LogP contribution in [0.4, 0.5) is 0 Å². The predicted octanol–water partition coefficient (Wildman–Crippen LogP) is 0.299. The monoisotopic (exact) mass is 423 g/mol. The van der Waals surface area contributed by atoms with E-state index in [0.717, 1.165) is 38.5 Å². The van der Waals surface area contributed by atoms with Crippen LogP contribution in [0.15, 0.2) is 46.6 Å². The molecule has 2 aliphatic rings. The molecule has 2 aromatic rings. The molecule has 0 unspecified atom stereocenters. The van der Waals surface area contributed by atoms with Crippen molar-refractivity contribution >= 4 is 0 Å². The zero-order valence-corrected chi connectivity index (χ0v) is 17.8. The molecule has 4 rings (SSSR count). The van der Waals surface area contributed by atoms with Crippen molar-refractivity contribution in [1.82, 2.24) is 4.57 Å². The number of quaternary nitrogens is 1. The number of hydrogen-bond donors (Lipinski definition) is 2. The fourth-order valence-corrected chi connectivity index (χ4v) is 4.36. The normalized spacial score (nSPS) is 18.8. The van der Waals surface area contributed by atoms with E-state index in [1.807, 2.05) is 37.3 Å². The number of methoxy groups -OCH3 is 1. The Morgan fingerprint density at radius 3 is 2.77 bits per heavy atom. The summed E-state index contributed by atoms with van der Waals surface area (Å²) in [6, 6.07) is 11.3. The molecule has 3 heterocycles. The first-order valence-corrected chi connectivity index (χ1v) is 10.4. The number of nitrogens with one attached hydrogen (secondary N) is 1. The average Bonchev–Trinajstić information content (AvgIpc) is 2.78. The Morgan fingerprint density at radius 2 is 2.06 bits per heavy atom. The number of pyridine rings is 1. The van der Waals surface area contributed by atoms with Gasteiger partial charge < -0.3 is 29.4 Å². The molecule has 1 fully saturated rings. The summed E-state index contributed by atoms with van der Waals surface area (Å²) in [5, 5.41) is 9.84. The Balaban J connectivity index is 1.81. The zero-order chi connectivity index (χ0) is 22.0. The number of hydrogen-bond acceptors (Lipinski definition) is 6. The Labute approximate surface area is 181 Å². The third-order valence-electron chi connectivity index (χ3n) is 6.03. The van der Waals surface area contributed by atoms with E-state index >= 15 is 0 Å². The van der Waals surface area contributed by atoms with E-state index in [2.05, 4.69) is 6.07 Å². The number of rotatable bonds is 5. The molecular formula is C23H27N4O4+. The second kappa shape index (κ2) is 8.84. The van der Waals surface area contributed by atoms with Gasteiger partial charge in [-0.1, -0.05) is 18.2 Å². The summed E-state index contributed by atoms with van der Waals surface area (Å²) in [4.78, 5) is 15.1. The minimum atomic E-state index is -0.653. The number of ether oxygens (including phenoxy) is 3. The second-order valence-corrected chi connectivity index (χ2v) is 7.80. The maximum atomic E-state index is 13.7. The molecule has 1 atom stereocenters. The van der Waals surface area contributed by atoms with E-state index in [-0.39, 0.29) is 17.0 Å². The standard InChI is InChI=1S/C23H26N4O4/c1-15-13-19-21(23(28)27(15)8-7-26-9-11-30-12-10-26)20(17(14-24)22(25)31-19)16-5-3-4-6-18(16)29-2/h3-6,13,20H,7-12,25H2,1-2H3/p+1/t20-/m1/s1. The molecule has 0 amide bonds. The number of para-hydroxylation sites is 1. The topological polar surface area (TPSA) is 104 Å². The van der Waals surface area contributed by atoms with Gasteiger partial charge in [0.2, 0.25) is 5.88 Å². The van der Waals surface area contributed by atoms with Gasteiger partial charge in [-0.05, 0) is 13.0 Å². The van der Waals surface area contributed by atoms with Gasteiger partial charge in [-0.15, -0.1) is 0 Å². The first-order valence-electron chi connectivity index (χ1n) is 10.4. The van der Waals surface area contributed by atoms with Crippen molar-refractivity contribution in [2.75, 3.05) is 40.0 Å². The number of nitrogens with two attached hydrogens (primary N) is 1. The van der Waals surface area contributed by atoms with Crippen molar-refractivity contribution in [2.24, 2.45) is 5.73 Å². The Bertz CT molecular complexity index is 1110. The Morgan fingerprint density at radius 1 is 1.32 bits per heavy atom. The quantitative estimate of drug-likeness (QED) is 0.717. The van der Waals surface area contributed by atoms with Crippen LogP contribution >= 0.6 is 0 Å². The maximum absolute atomic E-state index is 13.7. The van der Waals surface area contributed by atoms with E-state index in [0.29, 0.717) is 29.2 Å². The molecule has 2 aliphatic heterocycles. The molecule has 1 saturated heterocycles. The average molecular weight is 423 g/mol. The van der Waals surface area contributed by atoms with Gasteiger partial charge in [-0.2, -0.15) is 5.26 Å². The molecular weight excluding hydrogens is 396 g/mol. The molecule has 0 saturated carbocycles. The highest BCUT2D eigenvalue weighted by Crippen LogP contribution is 2.43. The summed E-state index contributed by atoms with van der Waals surface area (Å²) in [7, 11) is 1.57. The smallest absolute Gasteiger partial charge is 0.258 e. The fraction of sp³-hybridized carbons (Fsp3) is 0.391. The number of fused-ring (bicyclic) bond motifs is 1. The van der Waals surface area contributed by atoms with Crippen molar-refractivity contribution < 1.29 is 19.1 Å². The molecule has 0 radical (unpaired) electrons. The minimum Gasteiger partial charge on any atom is -0.496 e. The summed E-state index contributed by atoms with van der Waals surface area (Å²) < 4.78 is 18.5. The lowest BCUT2D eigenvalue weighted by Gasteiger charge is -2.29. The van der Waals surface area contributed by atoms with E-state index in [1.165, 1.54) is 4.90 Å². The zero-order valence-electron chi connectivity index (χ0n) is 17.8. The van der Waals surface area contributed by atoms with Gasteiger partial charge in [-0.25, -0.2) is 0 Å². The van der Waals surface area contributed by atoms with Gasteiger partial charge in [0, 0.05) is 17.3 Å². The molecule has 0 aliphatic carbocycles. The van der Waals surface area contributed by atoms with Gasteiger partial charge in [0.05, 0.1) is 44.9 Å². The van der Waals surface area contributed by atoms with Gasteiger partial charge >= 0.3 is 0 Å². The molecule has 162 valence electrons. The first-order chi connectivity index (χ1) is 15.0. The second-order valence-electron chi connectivity index (χ2n) is 7.80. The number of aromatic nitrogens is 1. The van der Waals surface area contributed by atoms with Crippen molar-refractivity contribution in [2.45, 2.75) is 19.4 Å². The van der Waals surface area contributed by atoms with Gasteiger partial charge in [0.1, 0.15) is 36.2 Å². The van der Waals surface area contributed by atoms with Crippen LogP contribution in [-0.4, -0.2) is 44.5 Å². The molecule has 8 nitrogen and oxygen atoms in total. The molecule has 1 aromatic carbocycles. The predicted molar refractivity (Wildman–Crippen MR) is 114 cm³/mol. The molecule has 0 spiro atoms. The highest BCUT2D eigenvalue weighted by Gasteiger charge is 2.36. The van der Waals surface area contributed by atoms with E-state index in [4.69, 9.17) is 19.9 Å². The van der Waals surface area contributed by atoms with Crippen LogP contribution < -0.4 is 25.7 Å². The van der Waals surface area contributed by atoms with Crippen molar-refractivity contribution in [3.05, 3.63) is 69.0 Å². The van der Waals surface area contributed by atoms with Crippen LogP contribution in [0.2, 0.25) is 0 Å². The van der Waals surface area contributed by atoms with Gasteiger partial charge in [0.15, 0.2) is 0 Å². The van der Waals surface area contributed by atoms with Crippen molar-refractivity contribution in [1.29, 1.82) is 5.26 Å². The molecule has 3 N–H and O–H groups in total. The maximum Gasteiger partial charge on any atom is 0.258 e. The minimum absolute atomic E-state index is 0.0141. The van der Waals surface area contributed by atoms with E-state index in [1.54, 1.807) is 11.7 Å². The summed E-state index contributed by atoms with van der Waals surface area (Å²) in [6.07, 6.45) is 0. The molecule has 1 aromatic heterocycles. The number of allylic oxidation sites excluding steroid dienone is 1. The number of nitrogens with zero attached hydrogens (tertiary/aromatic N) is 2. The van der Waals surface area contributed by atoms with E-state index in [9.17, 15) is 10.1 Å². The third kappa shape index (κ3) is 3.90. The van der Waals surface area contributed by atoms with Gasteiger partial charge in [0.25, 0.3) is 5.56 Å². The van der Waals surface area contributed by atoms with Crippen LogP contribution in [0, 0.1) is 18.3 Å². The molecule has 0 bridgehead atoms. The lowest BCUT2D eigenvalue weighted by molar-refractivity contribution is -0.908. The van der Waals surface area contributed by atoms with E-state index < -0.39 is 5.92 Å². The van der Waals surface area contributed by atoms with Crippen molar-refractivity contribution in [3.8, 4) is 17.6 Å². The highest BCUT2D eigenvalue weighted by molar-refractivity contribution is 5.58. The van der Waals surface area contributed by atoms with Crippen LogP contribution in [0.1, 0.15) is 22.7 Å². The van der Waals surface area contributed by atoms with Crippen LogP contribution in [0.25, 0.3) is 0 Å².